The summed E-state index contributed by atoms with van der Waals surface area (Å²) in [6.07, 6.45) is 0.121. The van der Waals surface area contributed by atoms with Crippen LogP contribution in [0.25, 0.3) is 11.1 Å². The third kappa shape index (κ3) is 8.53. The van der Waals surface area contributed by atoms with Gasteiger partial charge < -0.3 is 23.9 Å². The van der Waals surface area contributed by atoms with Crippen molar-refractivity contribution in [2.75, 3.05) is 6.61 Å². The topological polar surface area (TPSA) is 94.1 Å². The zero-order valence-corrected chi connectivity index (χ0v) is 29.1. The molecule has 10 heteroatoms. The summed E-state index contributed by atoms with van der Waals surface area (Å²) in [5, 5.41) is 2.72. The van der Waals surface area contributed by atoms with E-state index in [2.05, 4.69) is 51.3 Å². The number of hydrogen-bond donors (Lipinski definition) is 2. The molecule has 3 unspecified atom stereocenters. The lowest BCUT2D eigenvalue weighted by Gasteiger charge is -2.36. The van der Waals surface area contributed by atoms with E-state index in [9.17, 15) is 14.3 Å². The van der Waals surface area contributed by atoms with Crippen molar-refractivity contribution in [1.29, 1.82) is 0 Å². The average Bonchev–Trinajstić information content (AvgIpc) is 3.29. The van der Waals surface area contributed by atoms with Crippen LogP contribution < -0.4 is 9.74 Å². The fourth-order valence-electron chi connectivity index (χ4n) is 4.97. The number of nitrogens with one attached hydrogen (secondary N) is 1. The second-order valence-electron chi connectivity index (χ2n) is 13.1. The highest BCUT2D eigenvalue weighted by Gasteiger charge is 2.39. The van der Waals surface area contributed by atoms with E-state index < -0.39 is 39.7 Å². The van der Waals surface area contributed by atoms with E-state index >= 15 is 4.39 Å². The average molecular weight is 654 g/mol. The lowest BCUT2D eigenvalue weighted by Crippen LogP contribution is -2.43. The van der Waals surface area contributed by atoms with Crippen LogP contribution in [-0.2, 0) is 20.2 Å². The molecule has 2 N–H and O–H groups in total. The van der Waals surface area contributed by atoms with Gasteiger partial charge in [0.15, 0.2) is 0 Å². The van der Waals surface area contributed by atoms with Crippen LogP contribution in [0.4, 0.5) is 9.18 Å². The van der Waals surface area contributed by atoms with Crippen molar-refractivity contribution >= 4 is 22.0 Å². The zero-order chi connectivity index (χ0) is 33.0. The van der Waals surface area contributed by atoms with Gasteiger partial charge in [-0.3, -0.25) is 4.57 Å². The summed E-state index contributed by atoms with van der Waals surface area (Å²) in [5.74, 6) is 0.582. The molecule has 0 radical (unpaired) electrons. The summed E-state index contributed by atoms with van der Waals surface area (Å²) in [6.45, 7) is 14.3. The number of fused-ring (bicyclic) bond motifs is 3. The Labute approximate surface area is 267 Å². The first-order valence-electron chi connectivity index (χ1n) is 15.4. The molecule has 3 atom stereocenters. The third-order valence-corrected chi connectivity index (χ3v) is 14.4. The lowest BCUT2D eigenvalue weighted by atomic mass is 9.98. The Bertz CT molecular complexity index is 1520. The monoisotopic (exact) mass is 653 g/mol. The first kappa shape index (κ1) is 34.6. The van der Waals surface area contributed by atoms with E-state index in [1.54, 1.807) is 13.8 Å². The summed E-state index contributed by atoms with van der Waals surface area (Å²) in [4.78, 5) is 23.4. The summed E-state index contributed by atoms with van der Waals surface area (Å²) in [6, 6.07) is 22.4. The van der Waals surface area contributed by atoms with Crippen molar-refractivity contribution in [3.05, 3.63) is 101 Å². The highest BCUT2D eigenvalue weighted by atomic mass is 31.2. The second kappa shape index (κ2) is 14.0. The smallest absolute Gasteiger partial charge is 0.407 e. The van der Waals surface area contributed by atoms with Gasteiger partial charge in [-0.25, -0.2) is 4.79 Å². The molecule has 0 aromatic heterocycles. The normalized spacial score (nSPS) is 16.2. The van der Waals surface area contributed by atoms with Crippen molar-refractivity contribution in [3.8, 4) is 16.9 Å². The second-order valence-corrected chi connectivity index (χ2v) is 19.5. The molecule has 3 aromatic rings. The molecule has 45 heavy (non-hydrogen) atoms. The number of carbonyl (C=O) groups is 1. The maximum atomic E-state index is 15.2. The SMILES string of the molecule is CCC(C)OP(=O)(O)C(F)=CC(Cc1ccc(O[Si](C)(C)C(C)(C)C)cc1)NC(=O)OCC1c2ccccc2-c2ccccc21. The van der Waals surface area contributed by atoms with Crippen molar-refractivity contribution in [2.24, 2.45) is 0 Å². The fraction of sp³-hybridized carbons (Fsp3) is 0.400. The molecule has 242 valence electrons. The van der Waals surface area contributed by atoms with Crippen LogP contribution in [0, 0.1) is 0 Å². The minimum absolute atomic E-state index is 0.0294. The number of alkyl carbamates (subject to hydrolysis) is 1. The molecule has 0 bridgehead atoms. The predicted octanol–water partition coefficient (Wildman–Crippen LogP) is 9.33. The van der Waals surface area contributed by atoms with Crippen LogP contribution in [0.5, 0.6) is 5.75 Å². The molecule has 3 aromatic carbocycles. The Morgan fingerprint density at radius 1 is 1.02 bits per heavy atom. The number of ether oxygens (including phenoxy) is 1. The molecule has 4 rings (SSSR count). The Hall–Kier alpha value is -3.23. The molecule has 0 saturated heterocycles. The maximum Gasteiger partial charge on any atom is 0.407 e. The molecule has 0 aliphatic heterocycles. The number of hydrogen-bond acceptors (Lipinski definition) is 5. The Balaban J connectivity index is 1.51. The standard InChI is InChI=1S/C35H45FNO6PSi/c1-8-24(2)42-44(39,40)33(36)22-26(21-25-17-19-27(20-18-25)43-45(6,7)35(3,4)5)37-34(38)41-23-32-30-15-11-9-13-28(30)29-14-10-12-16-31(29)32/h9-20,22,24,26,32H,8,21,23H2,1-7H3,(H,37,38)(H,39,40). The van der Waals surface area contributed by atoms with E-state index in [0.29, 0.717) is 6.42 Å². The van der Waals surface area contributed by atoms with Crippen molar-refractivity contribution in [2.45, 2.75) is 83.7 Å². The highest BCUT2D eigenvalue weighted by Crippen LogP contribution is 2.53. The minimum Gasteiger partial charge on any atom is -0.544 e. The maximum absolute atomic E-state index is 15.2. The molecule has 1 aliphatic carbocycles. The predicted molar refractivity (Wildman–Crippen MR) is 180 cm³/mol. The summed E-state index contributed by atoms with van der Waals surface area (Å²) < 4.78 is 45.0. The third-order valence-electron chi connectivity index (χ3n) is 8.71. The fourth-order valence-corrected chi connectivity index (χ4v) is 7.10. The highest BCUT2D eigenvalue weighted by molar-refractivity contribution is 7.57. The number of carbonyl (C=O) groups excluding carboxylic acids is 1. The molecule has 0 saturated carbocycles. The van der Waals surface area contributed by atoms with Gasteiger partial charge in [-0.1, -0.05) is 88.4 Å². The Morgan fingerprint density at radius 3 is 2.11 bits per heavy atom. The molecule has 0 spiro atoms. The van der Waals surface area contributed by atoms with Gasteiger partial charge in [-0.15, -0.1) is 0 Å². The van der Waals surface area contributed by atoms with Crippen LogP contribution in [0.15, 0.2) is 84.4 Å². The van der Waals surface area contributed by atoms with E-state index in [4.69, 9.17) is 13.7 Å². The molecule has 7 nitrogen and oxygen atoms in total. The van der Waals surface area contributed by atoms with Gasteiger partial charge in [-0.2, -0.15) is 4.39 Å². The number of rotatable bonds is 12. The number of benzene rings is 3. The van der Waals surface area contributed by atoms with E-state index in [1.807, 2.05) is 60.7 Å². The van der Waals surface area contributed by atoms with Crippen LogP contribution in [0.1, 0.15) is 63.6 Å². The molecule has 0 heterocycles. The Kier molecular flexibility index (Phi) is 10.8. The quantitative estimate of drug-likeness (QED) is 0.149. The van der Waals surface area contributed by atoms with Gasteiger partial charge in [0.1, 0.15) is 12.4 Å². The van der Waals surface area contributed by atoms with Gasteiger partial charge >= 0.3 is 13.7 Å². The first-order chi connectivity index (χ1) is 21.1. The number of amides is 1. The molecule has 0 fully saturated rings. The number of halogens is 1. The molecular weight excluding hydrogens is 608 g/mol. The summed E-state index contributed by atoms with van der Waals surface area (Å²) in [5.41, 5.74) is 3.78. The lowest BCUT2D eigenvalue weighted by molar-refractivity contribution is 0.140. The first-order valence-corrected chi connectivity index (χ1v) is 19.9. The Morgan fingerprint density at radius 2 is 1.58 bits per heavy atom. The molecular formula is C35H45FNO6PSi. The van der Waals surface area contributed by atoms with Gasteiger partial charge in [0.25, 0.3) is 0 Å². The van der Waals surface area contributed by atoms with E-state index in [0.717, 1.165) is 39.6 Å². The van der Waals surface area contributed by atoms with Gasteiger partial charge in [-0.05, 0) is 83.9 Å². The van der Waals surface area contributed by atoms with Gasteiger partial charge in [0, 0.05) is 5.92 Å². The van der Waals surface area contributed by atoms with E-state index in [1.165, 1.54) is 0 Å². The van der Waals surface area contributed by atoms with Gasteiger partial charge in [0.2, 0.25) is 13.9 Å². The zero-order valence-electron chi connectivity index (χ0n) is 27.2. The molecule has 1 aliphatic rings. The van der Waals surface area contributed by atoms with Crippen molar-refractivity contribution < 1.29 is 32.3 Å². The van der Waals surface area contributed by atoms with Crippen molar-refractivity contribution in [1.82, 2.24) is 5.32 Å². The van der Waals surface area contributed by atoms with Crippen LogP contribution in [-0.4, -0.2) is 38.1 Å². The van der Waals surface area contributed by atoms with Crippen LogP contribution >= 0.6 is 7.60 Å². The molecule has 1 amide bonds. The largest absolute Gasteiger partial charge is 0.544 e. The minimum atomic E-state index is -4.72. The van der Waals surface area contributed by atoms with Crippen LogP contribution in [0.3, 0.4) is 0 Å². The summed E-state index contributed by atoms with van der Waals surface area (Å²) >= 11 is 0. The van der Waals surface area contributed by atoms with E-state index in [-0.39, 0.29) is 24.0 Å². The van der Waals surface area contributed by atoms with Crippen molar-refractivity contribution in [3.63, 3.8) is 0 Å². The summed E-state index contributed by atoms with van der Waals surface area (Å²) in [7, 11) is -6.77. The van der Waals surface area contributed by atoms with Crippen LogP contribution in [0.2, 0.25) is 18.1 Å². The van der Waals surface area contributed by atoms with Gasteiger partial charge in [0.05, 0.1) is 12.1 Å².